The lowest BCUT2D eigenvalue weighted by atomic mass is 9.59. The van der Waals surface area contributed by atoms with Crippen molar-refractivity contribution in [3.63, 3.8) is 0 Å². The number of nitrogens with zero attached hydrogens (tertiary/aromatic N) is 2. The third-order valence-electron chi connectivity index (χ3n) is 7.65. The summed E-state index contributed by atoms with van der Waals surface area (Å²) in [4.78, 5) is 30.2. The predicted molar refractivity (Wildman–Crippen MR) is 115 cm³/mol. The molecule has 2 saturated heterocycles. The second kappa shape index (κ2) is 7.24. The van der Waals surface area contributed by atoms with E-state index in [1.54, 1.807) is 23.1 Å². The van der Waals surface area contributed by atoms with E-state index in [9.17, 15) is 14.7 Å². The Hall–Kier alpha value is -3.06. The molecule has 2 amide bonds. The first-order valence-electron chi connectivity index (χ1n) is 11.3. The van der Waals surface area contributed by atoms with Gasteiger partial charge in [-0.25, -0.2) is 0 Å². The maximum absolute atomic E-state index is 13.3. The molecule has 4 aliphatic rings. The molecular formula is C25H26N2O5. The first-order chi connectivity index (χ1) is 15.6. The van der Waals surface area contributed by atoms with Crippen molar-refractivity contribution in [2.24, 2.45) is 5.92 Å². The third kappa shape index (κ3) is 2.70. The van der Waals surface area contributed by atoms with Crippen LogP contribution in [0.2, 0.25) is 0 Å². The van der Waals surface area contributed by atoms with Crippen LogP contribution in [0.25, 0.3) is 0 Å². The summed E-state index contributed by atoms with van der Waals surface area (Å²) in [6.45, 7) is 1.03. The summed E-state index contributed by atoms with van der Waals surface area (Å²) in [5, 5.41) is 10.2. The summed E-state index contributed by atoms with van der Waals surface area (Å²) >= 11 is 0. The molecule has 1 N–H and O–H groups in total. The van der Waals surface area contributed by atoms with E-state index in [-0.39, 0.29) is 43.1 Å². The number of carbonyl (C=O) groups excluding carboxylic acids is 2. The number of rotatable bonds is 4. The number of ether oxygens (including phenoxy) is 2. The molecule has 0 bridgehead atoms. The molecule has 0 radical (unpaired) electrons. The van der Waals surface area contributed by atoms with Crippen LogP contribution in [0, 0.1) is 5.92 Å². The lowest BCUT2D eigenvalue weighted by Gasteiger charge is -2.71. The molecule has 0 unspecified atom stereocenters. The Kier molecular flexibility index (Phi) is 4.43. The van der Waals surface area contributed by atoms with Crippen LogP contribution in [0.3, 0.4) is 0 Å². The van der Waals surface area contributed by atoms with E-state index in [1.165, 1.54) is 0 Å². The topological polar surface area (TPSA) is 79.3 Å². The van der Waals surface area contributed by atoms with Crippen molar-refractivity contribution in [1.29, 1.82) is 0 Å². The molecule has 3 heterocycles. The van der Waals surface area contributed by atoms with Gasteiger partial charge >= 0.3 is 0 Å². The molecule has 1 aliphatic carbocycles. The van der Waals surface area contributed by atoms with Gasteiger partial charge in [0.05, 0.1) is 18.2 Å². The van der Waals surface area contributed by atoms with Crippen LogP contribution in [-0.2, 0) is 4.79 Å². The Morgan fingerprint density at radius 1 is 1.03 bits per heavy atom. The van der Waals surface area contributed by atoms with Crippen LogP contribution in [0.15, 0.2) is 48.5 Å². The molecular weight excluding hydrogens is 408 g/mol. The lowest BCUT2D eigenvalue weighted by molar-refractivity contribution is -0.199. The third-order valence-corrected chi connectivity index (χ3v) is 7.65. The quantitative estimate of drug-likeness (QED) is 0.800. The summed E-state index contributed by atoms with van der Waals surface area (Å²) in [5.74, 6) is 1.35. The molecule has 1 saturated carbocycles. The Labute approximate surface area is 186 Å². The number of aliphatic hydroxyl groups excluding tert-OH is 1. The summed E-state index contributed by atoms with van der Waals surface area (Å²) in [5.41, 5.74) is 1.21. The van der Waals surface area contributed by atoms with E-state index in [0.717, 1.165) is 24.8 Å². The SMILES string of the molecule is O=C(c1ccc2c(c1)OCO2)N1CC2(C1)[C@@H](c1ccccc1)[C@@H](CO)N2C(=O)C1CCC1. The normalized spacial score (nSPS) is 25.2. The van der Waals surface area contributed by atoms with Crippen molar-refractivity contribution in [2.45, 2.75) is 36.8 Å². The number of aliphatic hydroxyl groups is 1. The van der Waals surface area contributed by atoms with Gasteiger partial charge in [0, 0.05) is 30.5 Å². The zero-order chi connectivity index (χ0) is 21.9. The largest absolute Gasteiger partial charge is 0.454 e. The summed E-state index contributed by atoms with van der Waals surface area (Å²) in [6.07, 6.45) is 2.91. The molecule has 7 nitrogen and oxygen atoms in total. The monoisotopic (exact) mass is 434 g/mol. The average molecular weight is 434 g/mol. The standard InChI is InChI=1S/C25H26N2O5/c28-12-19-22(16-5-2-1-3-6-16)25(27(19)24(30)17-7-4-8-17)13-26(14-25)23(29)18-9-10-20-21(11-18)32-15-31-20/h1-3,5-6,9-11,17,19,22,28H,4,7-8,12-15H2/t19-,22+/m1/s1. The highest BCUT2D eigenvalue weighted by Gasteiger charge is 2.68. The van der Waals surface area contributed by atoms with Crippen molar-refractivity contribution < 1.29 is 24.2 Å². The highest BCUT2D eigenvalue weighted by Crippen LogP contribution is 2.55. The fourth-order valence-electron chi connectivity index (χ4n) is 5.84. The van der Waals surface area contributed by atoms with Crippen molar-refractivity contribution in [3.8, 4) is 11.5 Å². The molecule has 1 spiro atoms. The number of amides is 2. The molecule has 0 aromatic heterocycles. The lowest BCUT2D eigenvalue weighted by Crippen LogP contribution is -2.86. The van der Waals surface area contributed by atoms with Crippen molar-refractivity contribution in [3.05, 3.63) is 59.7 Å². The van der Waals surface area contributed by atoms with E-state index in [1.807, 2.05) is 23.1 Å². The Bertz CT molecular complexity index is 1060. The molecule has 3 fully saturated rings. The van der Waals surface area contributed by atoms with E-state index < -0.39 is 5.54 Å². The second-order valence-electron chi connectivity index (χ2n) is 9.31. The highest BCUT2D eigenvalue weighted by molar-refractivity contribution is 5.96. The van der Waals surface area contributed by atoms with Gasteiger partial charge in [0.2, 0.25) is 12.7 Å². The van der Waals surface area contributed by atoms with Gasteiger partial charge in [-0.1, -0.05) is 36.8 Å². The number of fused-ring (bicyclic) bond motifs is 1. The maximum Gasteiger partial charge on any atom is 0.254 e. The zero-order valence-corrected chi connectivity index (χ0v) is 17.8. The molecule has 6 rings (SSSR count). The van der Waals surface area contributed by atoms with Gasteiger partial charge in [0.25, 0.3) is 5.91 Å². The number of hydrogen-bond donors (Lipinski definition) is 1. The minimum absolute atomic E-state index is 0.0125. The van der Waals surface area contributed by atoms with Crippen LogP contribution in [0.1, 0.15) is 41.1 Å². The first kappa shape index (κ1) is 19.6. The van der Waals surface area contributed by atoms with Gasteiger partial charge in [0.1, 0.15) is 0 Å². The van der Waals surface area contributed by atoms with Crippen LogP contribution in [0.5, 0.6) is 11.5 Å². The summed E-state index contributed by atoms with van der Waals surface area (Å²) < 4.78 is 10.8. The number of benzene rings is 2. The summed E-state index contributed by atoms with van der Waals surface area (Å²) in [7, 11) is 0. The van der Waals surface area contributed by atoms with E-state index in [4.69, 9.17) is 9.47 Å². The molecule has 32 heavy (non-hydrogen) atoms. The van der Waals surface area contributed by atoms with Crippen LogP contribution in [-0.4, -0.2) is 64.8 Å². The average Bonchev–Trinajstić information content (AvgIpc) is 3.19. The van der Waals surface area contributed by atoms with Gasteiger partial charge in [-0.15, -0.1) is 0 Å². The fraction of sp³-hybridized carbons (Fsp3) is 0.440. The van der Waals surface area contributed by atoms with Crippen LogP contribution >= 0.6 is 0 Å². The Morgan fingerprint density at radius 3 is 2.47 bits per heavy atom. The van der Waals surface area contributed by atoms with E-state index in [2.05, 4.69) is 12.1 Å². The highest BCUT2D eigenvalue weighted by atomic mass is 16.7. The van der Waals surface area contributed by atoms with Gasteiger partial charge in [0.15, 0.2) is 11.5 Å². The maximum atomic E-state index is 13.3. The molecule has 7 heteroatoms. The van der Waals surface area contributed by atoms with Crippen LogP contribution < -0.4 is 9.47 Å². The van der Waals surface area contributed by atoms with E-state index >= 15 is 0 Å². The second-order valence-corrected chi connectivity index (χ2v) is 9.31. The number of carbonyl (C=O) groups is 2. The van der Waals surface area contributed by atoms with Crippen molar-refractivity contribution in [1.82, 2.24) is 9.80 Å². The molecule has 3 aliphatic heterocycles. The minimum Gasteiger partial charge on any atom is -0.454 e. The van der Waals surface area contributed by atoms with Gasteiger partial charge in [-0.05, 0) is 36.6 Å². The molecule has 2 aromatic rings. The Balaban J connectivity index is 1.28. The number of hydrogen-bond acceptors (Lipinski definition) is 5. The zero-order valence-electron chi connectivity index (χ0n) is 17.8. The fourth-order valence-corrected chi connectivity index (χ4v) is 5.84. The van der Waals surface area contributed by atoms with Gasteiger partial charge in [-0.2, -0.15) is 0 Å². The molecule has 166 valence electrons. The van der Waals surface area contributed by atoms with E-state index in [0.29, 0.717) is 30.2 Å². The molecule has 2 atom stereocenters. The van der Waals surface area contributed by atoms with Crippen molar-refractivity contribution >= 4 is 11.8 Å². The minimum atomic E-state index is -0.451. The predicted octanol–water partition coefficient (Wildman–Crippen LogP) is 2.40. The smallest absolute Gasteiger partial charge is 0.254 e. The van der Waals surface area contributed by atoms with Gasteiger partial charge in [-0.3, -0.25) is 9.59 Å². The van der Waals surface area contributed by atoms with Crippen molar-refractivity contribution in [2.75, 3.05) is 26.5 Å². The van der Waals surface area contributed by atoms with Crippen LogP contribution in [0.4, 0.5) is 0 Å². The number of likely N-dealkylation sites (tertiary alicyclic amines) is 2. The summed E-state index contributed by atoms with van der Waals surface area (Å²) in [6, 6.07) is 15.1. The first-order valence-corrected chi connectivity index (χ1v) is 11.3. The van der Waals surface area contributed by atoms with Gasteiger partial charge < -0.3 is 24.4 Å². The Morgan fingerprint density at radius 2 is 1.78 bits per heavy atom. The molecule has 2 aromatic carbocycles.